The summed E-state index contributed by atoms with van der Waals surface area (Å²) in [6, 6.07) is 14.9. The van der Waals surface area contributed by atoms with Gasteiger partial charge in [-0.2, -0.15) is 5.26 Å². The molecule has 2 aromatic rings. The van der Waals surface area contributed by atoms with E-state index in [1.165, 1.54) is 0 Å². The second-order valence-electron chi connectivity index (χ2n) is 4.56. The summed E-state index contributed by atoms with van der Waals surface area (Å²) >= 11 is 6.09. The molecule has 0 fully saturated rings. The van der Waals surface area contributed by atoms with Gasteiger partial charge in [-0.3, -0.25) is 0 Å². The van der Waals surface area contributed by atoms with Gasteiger partial charge >= 0.3 is 0 Å². The molecule has 0 aliphatic heterocycles. The molecule has 20 heavy (non-hydrogen) atoms. The molecule has 0 aliphatic carbocycles. The molecular weight excluding hydrogens is 272 g/mol. The lowest BCUT2D eigenvalue weighted by Crippen LogP contribution is -2.04. The van der Waals surface area contributed by atoms with E-state index in [2.05, 4.69) is 0 Å². The van der Waals surface area contributed by atoms with Gasteiger partial charge in [-0.15, -0.1) is 0 Å². The number of ether oxygens (including phenoxy) is 1. The third-order valence-corrected chi connectivity index (χ3v) is 3.33. The highest BCUT2D eigenvalue weighted by molar-refractivity contribution is 6.31. The second-order valence-corrected chi connectivity index (χ2v) is 4.97. The molecule has 1 atom stereocenters. The van der Waals surface area contributed by atoms with E-state index in [9.17, 15) is 0 Å². The predicted molar refractivity (Wildman–Crippen MR) is 79.5 cm³/mol. The SMILES string of the molecule is CC(N)c1ccc(OCc2ccc(C#N)cc2Cl)cc1. The molecule has 2 aromatic carbocycles. The first-order valence-electron chi connectivity index (χ1n) is 6.27. The first-order chi connectivity index (χ1) is 9.60. The van der Waals surface area contributed by atoms with Crippen LogP contribution < -0.4 is 10.5 Å². The minimum absolute atomic E-state index is 0.0111. The van der Waals surface area contributed by atoms with Crippen molar-refractivity contribution in [2.45, 2.75) is 19.6 Å². The van der Waals surface area contributed by atoms with Crippen LogP contribution in [0, 0.1) is 11.3 Å². The molecule has 2 rings (SSSR count). The van der Waals surface area contributed by atoms with Crippen molar-refractivity contribution in [1.29, 1.82) is 5.26 Å². The van der Waals surface area contributed by atoms with Crippen LogP contribution in [0.5, 0.6) is 5.75 Å². The molecule has 4 heteroatoms. The number of rotatable bonds is 4. The van der Waals surface area contributed by atoms with Gasteiger partial charge in [0.05, 0.1) is 11.6 Å². The quantitative estimate of drug-likeness (QED) is 0.930. The van der Waals surface area contributed by atoms with Crippen molar-refractivity contribution in [3.05, 3.63) is 64.2 Å². The summed E-state index contributed by atoms with van der Waals surface area (Å²) < 4.78 is 5.67. The summed E-state index contributed by atoms with van der Waals surface area (Å²) in [5, 5.41) is 9.32. The van der Waals surface area contributed by atoms with E-state index in [1.54, 1.807) is 18.2 Å². The molecule has 0 aliphatic rings. The van der Waals surface area contributed by atoms with Crippen LogP contribution in [0.15, 0.2) is 42.5 Å². The Morgan fingerprint density at radius 3 is 2.50 bits per heavy atom. The highest BCUT2D eigenvalue weighted by Gasteiger charge is 2.04. The van der Waals surface area contributed by atoms with Gasteiger partial charge < -0.3 is 10.5 Å². The maximum atomic E-state index is 8.78. The lowest BCUT2D eigenvalue weighted by Gasteiger charge is -2.10. The molecular formula is C16H15ClN2O. The van der Waals surface area contributed by atoms with Crippen LogP contribution in [0.25, 0.3) is 0 Å². The summed E-state index contributed by atoms with van der Waals surface area (Å²) in [4.78, 5) is 0. The van der Waals surface area contributed by atoms with E-state index in [0.717, 1.165) is 16.9 Å². The van der Waals surface area contributed by atoms with Gasteiger partial charge in [-0.05, 0) is 36.8 Å². The van der Waals surface area contributed by atoms with E-state index in [1.807, 2.05) is 37.3 Å². The van der Waals surface area contributed by atoms with Gasteiger partial charge in [0, 0.05) is 16.6 Å². The summed E-state index contributed by atoms with van der Waals surface area (Å²) in [5.74, 6) is 0.759. The van der Waals surface area contributed by atoms with Crippen molar-refractivity contribution in [2.75, 3.05) is 0 Å². The van der Waals surface area contributed by atoms with Crippen LogP contribution in [0.1, 0.15) is 29.7 Å². The van der Waals surface area contributed by atoms with Crippen molar-refractivity contribution in [3.8, 4) is 11.8 Å². The zero-order valence-corrected chi connectivity index (χ0v) is 11.9. The van der Waals surface area contributed by atoms with Crippen LogP contribution in [0.3, 0.4) is 0 Å². The molecule has 0 saturated carbocycles. The number of hydrogen-bond acceptors (Lipinski definition) is 3. The maximum absolute atomic E-state index is 8.78. The van der Waals surface area contributed by atoms with E-state index < -0.39 is 0 Å². The molecule has 2 N–H and O–H groups in total. The van der Waals surface area contributed by atoms with Crippen LogP contribution >= 0.6 is 11.6 Å². The van der Waals surface area contributed by atoms with Crippen LogP contribution in [0.2, 0.25) is 5.02 Å². The number of nitrogens with two attached hydrogens (primary N) is 1. The topological polar surface area (TPSA) is 59.0 Å². The van der Waals surface area contributed by atoms with Gasteiger partial charge in [0.25, 0.3) is 0 Å². The third-order valence-electron chi connectivity index (χ3n) is 2.98. The number of hydrogen-bond donors (Lipinski definition) is 1. The number of benzene rings is 2. The van der Waals surface area contributed by atoms with Gasteiger partial charge in [-0.25, -0.2) is 0 Å². The zero-order valence-electron chi connectivity index (χ0n) is 11.1. The first kappa shape index (κ1) is 14.4. The number of nitriles is 1. The minimum atomic E-state index is 0.0111. The molecule has 3 nitrogen and oxygen atoms in total. The average Bonchev–Trinajstić information content (AvgIpc) is 2.46. The Morgan fingerprint density at radius 1 is 1.25 bits per heavy atom. The first-order valence-corrected chi connectivity index (χ1v) is 6.65. The fraction of sp³-hybridized carbons (Fsp3) is 0.188. The Hall–Kier alpha value is -2.02. The standard InChI is InChI=1S/C16H15ClN2O/c1-11(19)13-4-6-15(7-5-13)20-10-14-3-2-12(9-18)8-16(14)17/h2-8,11H,10,19H2,1H3. The van der Waals surface area contributed by atoms with Crippen LogP contribution in [-0.2, 0) is 6.61 Å². The summed E-state index contributed by atoms with van der Waals surface area (Å²) in [6.07, 6.45) is 0. The number of nitrogens with zero attached hydrogens (tertiary/aromatic N) is 1. The molecule has 0 amide bonds. The van der Waals surface area contributed by atoms with Crippen molar-refractivity contribution in [2.24, 2.45) is 5.73 Å². The Kier molecular flexibility index (Phi) is 4.62. The van der Waals surface area contributed by atoms with Gasteiger partial charge in [0.2, 0.25) is 0 Å². The molecule has 0 spiro atoms. The zero-order chi connectivity index (χ0) is 14.5. The fourth-order valence-electron chi connectivity index (χ4n) is 1.76. The molecule has 102 valence electrons. The van der Waals surface area contributed by atoms with Crippen LogP contribution in [0.4, 0.5) is 0 Å². The molecule has 0 aromatic heterocycles. The van der Waals surface area contributed by atoms with E-state index in [-0.39, 0.29) is 6.04 Å². The molecule has 0 heterocycles. The number of halogens is 1. The van der Waals surface area contributed by atoms with Crippen molar-refractivity contribution >= 4 is 11.6 Å². The normalized spacial score (nSPS) is 11.7. The third kappa shape index (κ3) is 3.51. The maximum Gasteiger partial charge on any atom is 0.119 e. The Labute approximate surface area is 123 Å². The minimum Gasteiger partial charge on any atom is -0.489 e. The molecule has 1 unspecified atom stereocenters. The monoisotopic (exact) mass is 286 g/mol. The molecule has 0 saturated heterocycles. The average molecular weight is 287 g/mol. The summed E-state index contributed by atoms with van der Waals surface area (Å²) in [5.41, 5.74) is 8.25. The molecule has 0 bridgehead atoms. The highest BCUT2D eigenvalue weighted by atomic mass is 35.5. The fourth-order valence-corrected chi connectivity index (χ4v) is 2.00. The van der Waals surface area contributed by atoms with Gasteiger partial charge in [0.1, 0.15) is 12.4 Å². The largest absolute Gasteiger partial charge is 0.489 e. The second kappa shape index (κ2) is 6.42. The van der Waals surface area contributed by atoms with Gasteiger partial charge in [0.15, 0.2) is 0 Å². The predicted octanol–water partition coefficient (Wildman–Crippen LogP) is 3.81. The molecule has 0 radical (unpaired) electrons. The summed E-state index contributed by atoms with van der Waals surface area (Å²) in [6.45, 7) is 2.30. The lowest BCUT2D eigenvalue weighted by atomic mass is 10.1. The van der Waals surface area contributed by atoms with E-state index >= 15 is 0 Å². The van der Waals surface area contributed by atoms with Crippen molar-refractivity contribution < 1.29 is 4.74 Å². The van der Waals surface area contributed by atoms with E-state index in [0.29, 0.717) is 17.2 Å². The smallest absolute Gasteiger partial charge is 0.119 e. The van der Waals surface area contributed by atoms with E-state index in [4.69, 9.17) is 27.3 Å². The Bertz CT molecular complexity index is 630. The van der Waals surface area contributed by atoms with Crippen molar-refractivity contribution in [3.63, 3.8) is 0 Å². The van der Waals surface area contributed by atoms with Crippen molar-refractivity contribution in [1.82, 2.24) is 0 Å². The van der Waals surface area contributed by atoms with Gasteiger partial charge in [-0.1, -0.05) is 29.8 Å². The van der Waals surface area contributed by atoms with Crippen LogP contribution in [-0.4, -0.2) is 0 Å². The Morgan fingerprint density at radius 2 is 1.95 bits per heavy atom. The summed E-state index contributed by atoms with van der Waals surface area (Å²) in [7, 11) is 0. The lowest BCUT2D eigenvalue weighted by molar-refractivity contribution is 0.306. The Balaban J connectivity index is 2.03. The highest BCUT2D eigenvalue weighted by Crippen LogP contribution is 2.21.